The number of hydrogen-bond acceptors (Lipinski definition) is 6. The lowest BCUT2D eigenvalue weighted by atomic mass is 10.2. The summed E-state index contributed by atoms with van der Waals surface area (Å²) < 4.78 is 33.0. The number of cyclic esters (lactones) is 1. The van der Waals surface area contributed by atoms with Gasteiger partial charge in [0.05, 0.1) is 16.6 Å². The highest BCUT2D eigenvalue weighted by atomic mass is 35.5. The monoisotopic (exact) mass is 511 g/mol. The zero-order valence-electron chi connectivity index (χ0n) is 17.6. The summed E-state index contributed by atoms with van der Waals surface area (Å²) in [5.41, 5.74) is 6.72. The molecule has 0 saturated carbocycles. The number of carbonyl (C=O) groups is 1. The van der Waals surface area contributed by atoms with Crippen LogP contribution in [0.25, 0.3) is 0 Å². The van der Waals surface area contributed by atoms with E-state index in [4.69, 9.17) is 39.1 Å². The summed E-state index contributed by atoms with van der Waals surface area (Å²) in [6.45, 7) is 2.41. The van der Waals surface area contributed by atoms with Gasteiger partial charge in [0.25, 0.3) is 0 Å². The molecule has 2 fully saturated rings. The van der Waals surface area contributed by atoms with Gasteiger partial charge in [0.1, 0.15) is 16.8 Å². The maximum atomic E-state index is 13.0. The Kier molecular flexibility index (Phi) is 6.83. The number of amides is 1. The van der Waals surface area contributed by atoms with Crippen molar-refractivity contribution in [1.82, 2.24) is 9.21 Å². The number of nitrogens with zero attached hydrogens (tertiary/aromatic N) is 3. The molecular formula is C21H23Cl2N5O4S. The van der Waals surface area contributed by atoms with Crippen molar-refractivity contribution in [3.8, 4) is 0 Å². The van der Waals surface area contributed by atoms with Crippen LogP contribution in [-0.4, -0.2) is 74.9 Å². The van der Waals surface area contributed by atoms with E-state index >= 15 is 0 Å². The first-order valence-corrected chi connectivity index (χ1v) is 12.5. The predicted molar refractivity (Wildman–Crippen MR) is 127 cm³/mol. The molecule has 2 aromatic carbocycles. The molecular weight excluding hydrogens is 489 g/mol. The SMILES string of the molecule is N=C(N)c1ccc(N2CC(CN3CCN(S(=O)(=O)c4c(Cl)cccc4Cl)CC3)OC2=O)cc1. The van der Waals surface area contributed by atoms with E-state index in [2.05, 4.69) is 4.90 Å². The molecule has 33 heavy (non-hydrogen) atoms. The van der Waals surface area contributed by atoms with E-state index in [1.807, 2.05) is 0 Å². The summed E-state index contributed by atoms with van der Waals surface area (Å²) in [4.78, 5) is 15.9. The first-order valence-electron chi connectivity index (χ1n) is 10.3. The number of amidine groups is 1. The van der Waals surface area contributed by atoms with Gasteiger partial charge in [-0.3, -0.25) is 15.2 Å². The molecule has 0 aliphatic carbocycles. The quantitative estimate of drug-likeness (QED) is 0.454. The van der Waals surface area contributed by atoms with Crippen LogP contribution in [0.4, 0.5) is 10.5 Å². The second kappa shape index (κ2) is 9.47. The Bertz CT molecular complexity index is 1150. The van der Waals surface area contributed by atoms with E-state index in [0.29, 0.717) is 37.4 Å². The molecule has 0 spiro atoms. The Morgan fingerprint density at radius 1 is 1.06 bits per heavy atom. The summed E-state index contributed by atoms with van der Waals surface area (Å²) in [5.74, 6) is -0.0404. The third kappa shape index (κ3) is 4.95. The Labute approximate surface area is 202 Å². The van der Waals surface area contributed by atoms with Crippen molar-refractivity contribution in [2.75, 3.05) is 44.2 Å². The first kappa shape index (κ1) is 23.8. The van der Waals surface area contributed by atoms with E-state index in [1.54, 1.807) is 30.3 Å². The van der Waals surface area contributed by atoms with Gasteiger partial charge >= 0.3 is 6.09 Å². The number of nitrogens with two attached hydrogens (primary N) is 1. The van der Waals surface area contributed by atoms with Crippen molar-refractivity contribution < 1.29 is 17.9 Å². The van der Waals surface area contributed by atoms with Crippen molar-refractivity contribution in [3.05, 3.63) is 58.1 Å². The maximum Gasteiger partial charge on any atom is 0.414 e. The van der Waals surface area contributed by atoms with Gasteiger partial charge in [0.2, 0.25) is 10.0 Å². The van der Waals surface area contributed by atoms with Crippen LogP contribution in [0.15, 0.2) is 47.4 Å². The van der Waals surface area contributed by atoms with E-state index in [1.165, 1.54) is 21.3 Å². The molecule has 176 valence electrons. The highest BCUT2D eigenvalue weighted by Crippen LogP contribution is 2.32. The molecule has 2 saturated heterocycles. The molecule has 0 radical (unpaired) electrons. The average Bonchev–Trinajstić information content (AvgIpc) is 3.13. The predicted octanol–water partition coefficient (Wildman–Crippen LogP) is 2.61. The zero-order valence-corrected chi connectivity index (χ0v) is 19.9. The Hall–Kier alpha value is -2.37. The fourth-order valence-corrected chi connectivity index (χ4v) is 6.46. The molecule has 2 heterocycles. The van der Waals surface area contributed by atoms with Crippen LogP contribution in [0.2, 0.25) is 10.0 Å². The number of piperazine rings is 1. The molecule has 2 aliphatic rings. The van der Waals surface area contributed by atoms with Crippen LogP contribution < -0.4 is 10.6 Å². The first-order chi connectivity index (χ1) is 15.7. The number of benzene rings is 2. The van der Waals surface area contributed by atoms with E-state index in [9.17, 15) is 13.2 Å². The number of carbonyl (C=O) groups excluding carboxylic acids is 1. The molecule has 2 aliphatic heterocycles. The van der Waals surface area contributed by atoms with E-state index in [-0.39, 0.29) is 40.0 Å². The highest BCUT2D eigenvalue weighted by molar-refractivity contribution is 7.89. The Morgan fingerprint density at radius 2 is 1.67 bits per heavy atom. The molecule has 1 amide bonds. The average molecular weight is 512 g/mol. The summed E-state index contributed by atoms with van der Waals surface area (Å²) >= 11 is 12.2. The minimum atomic E-state index is -3.81. The number of nitrogen functional groups attached to an aromatic ring is 1. The van der Waals surface area contributed by atoms with Crippen LogP contribution in [0.5, 0.6) is 0 Å². The summed E-state index contributed by atoms with van der Waals surface area (Å²) in [6, 6.07) is 11.4. The molecule has 12 heteroatoms. The standard InChI is InChI=1S/C21H23Cl2N5O4S/c22-17-2-1-3-18(23)19(17)33(30,31)27-10-8-26(9-11-27)12-16-13-28(21(29)32-16)15-6-4-14(5-7-15)20(24)25/h1-7,16H,8-13H2,(H3,24,25). The van der Waals surface area contributed by atoms with Crippen molar-refractivity contribution in [1.29, 1.82) is 5.41 Å². The third-order valence-corrected chi connectivity index (χ3v) is 8.53. The molecule has 1 atom stereocenters. The Morgan fingerprint density at radius 3 is 2.24 bits per heavy atom. The number of rotatable bonds is 6. The van der Waals surface area contributed by atoms with Crippen molar-refractivity contribution in [2.24, 2.45) is 5.73 Å². The second-order valence-corrected chi connectivity index (χ2v) is 10.5. The highest BCUT2D eigenvalue weighted by Gasteiger charge is 2.36. The minimum absolute atomic E-state index is 0.0404. The number of halogens is 2. The topological polar surface area (TPSA) is 120 Å². The summed E-state index contributed by atoms with van der Waals surface area (Å²) in [7, 11) is -3.81. The lowest BCUT2D eigenvalue weighted by Crippen LogP contribution is -2.50. The molecule has 2 aromatic rings. The fraction of sp³-hybridized carbons (Fsp3) is 0.333. The fourth-order valence-electron chi connectivity index (χ4n) is 3.95. The van der Waals surface area contributed by atoms with Crippen LogP contribution in [0.3, 0.4) is 0 Å². The van der Waals surface area contributed by atoms with Crippen molar-refractivity contribution in [2.45, 2.75) is 11.0 Å². The van der Waals surface area contributed by atoms with Gasteiger partial charge in [-0.1, -0.05) is 29.3 Å². The van der Waals surface area contributed by atoms with Crippen LogP contribution in [0.1, 0.15) is 5.56 Å². The Balaban J connectivity index is 1.35. The molecule has 9 nitrogen and oxygen atoms in total. The van der Waals surface area contributed by atoms with Gasteiger partial charge in [0.15, 0.2) is 0 Å². The van der Waals surface area contributed by atoms with Gasteiger partial charge in [-0.05, 0) is 36.4 Å². The van der Waals surface area contributed by atoms with Gasteiger partial charge in [-0.25, -0.2) is 13.2 Å². The lowest BCUT2D eigenvalue weighted by Gasteiger charge is -2.34. The maximum absolute atomic E-state index is 13.0. The number of hydrogen-bond donors (Lipinski definition) is 2. The number of anilines is 1. The van der Waals surface area contributed by atoms with E-state index < -0.39 is 16.1 Å². The van der Waals surface area contributed by atoms with E-state index in [0.717, 1.165) is 0 Å². The number of sulfonamides is 1. The van der Waals surface area contributed by atoms with Crippen LogP contribution in [0, 0.1) is 5.41 Å². The smallest absolute Gasteiger partial charge is 0.414 e. The molecule has 4 rings (SSSR count). The van der Waals surface area contributed by atoms with Gasteiger partial charge < -0.3 is 10.5 Å². The van der Waals surface area contributed by atoms with Crippen molar-refractivity contribution in [3.63, 3.8) is 0 Å². The largest absolute Gasteiger partial charge is 0.443 e. The number of ether oxygens (including phenoxy) is 1. The lowest BCUT2D eigenvalue weighted by molar-refractivity contribution is 0.0937. The zero-order chi connectivity index (χ0) is 23.8. The minimum Gasteiger partial charge on any atom is -0.443 e. The molecule has 0 bridgehead atoms. The second-order valence-electron chi connectivity index (χ2n) is 7.83. The van der Waals surface area contributed by atoms with Crippen LogP contribution >= 0.6 is 23.2 Å². The van der Waals surface area contributed by atoms with Crippen molar-refractivity contribution >= 4 is 50.8 Å². The normalized spacial score (nSPS) is 20.1. The van der Waals surface area contributed by atoms with Gasteiger partial charge in [0, 0.05) is 44.0 Å². The molecule has 0 aromatic heterocycles. The molecule has 1 unspecified atom stereocenters. The summed E-state index contributed by atoms with van der Waals surface area (Å²) in [6.07, 6.45) is -0.781. The third-order valence-electron chi connectivity index (χ3n) is 5.67. The number of nitrogens with one attached hydrogen (secondary N) is 1. The summed E-state index contributed by atoms with van der Waals surface area (Å²) in [5, 5.41) is 7.66. The molecule has 3 N–H and O–H groups in total. The van der Waals surface area contributed by atoms with Gasteiger partial charge in [-0.2, -0.15) is 4.31 Å². The van der Waals surface area contributed by atoms with Gasteiger partial charge in [-0.15, -0.1) is 0 Å². The van der Waals surface area contributed by atoms with Crippen LogP contribution in [-0.2, 0) is 14.8 Å².